The van der Waals surface area contributed by atoms with Crippen molar-refractivity contribution in [3.63, 3.8) is 0 Å². The zero-order chi connectivity index (χ0) is 19.3. The summed E-state index contributed by atoms with van der Waals surface area (Å²) >= 11 is 0. The van der Waals surface area contributed by atoms with Gasteiger partial charge in [0.05, 0.1) is 17.7 Å². The van der Waals surface area contributed by atoms with Crippen molar-refractivity contribution < 1.29 is 13.2 Å². The molecule has 0 radical (unpaired) electrons. The number of piperazine rings is 1. The van der Waals surface area contributed by atoms with Gasteiger partial charge in [-0.15, -0.1) is 0 Å². The molecule has 0 aliphatic carbocycles. The highest BCUT2D eigenvalue weighted by Gasteiger charge is 2.30. The van der Waals surface area contributed by atoms with E-state index in [1.54, 1.807) is 24.4 Å². The second-order valence-electron chi connectivity index (χ2n) is 6.13. The summed E-state index contributed by atoms with van der Waals surface area (Å²) in [6.45, 7) is 3.42. The van der Waals surface area contributed by atoms with Crippen LogP contribution in [-0.4, -0.2) is 42.6 Å². The third-order valence-corrected chi connectivity index (χ3v) is 4.30. The molecule has 0 saturated carbocycles. The second-order valence-corrected chi connectivity index (χ2v) is 6.13. The Morgan fingerprint density at radius 1 is 1.07 bits per heavy atom. The Bertz CT molecular complexity index is 898. The predicted octanol–water partition coefficient (Wildman–Crippen LogP) is 3.15. The highest BCUT2D eigenvalue weighted by molar-refractivity contribution is 5.53. The summed E-state index contributed by atoms with van der Waals surface area (Å²) in [6, 6.07) is 10.7. The lowest BCUT2D eigenvalue weighted by Gasteiger charge is -2.34. The number of pyridine rings is 1. The highest BCUT2D eigenvalue weighted by atomic mass is 19.4. The van der Waals surface area contributed by atoms with Gasteiger partial charge in [-0.25, -0.2) is 4.98 Å². The number of nitriles is 1. The maximum atomic E-state index is 12.7. The van der Waals surface area contributed by atoms with E-state index in [4.69, 9.17) is 0 Å². The van der Waals surface area contributed by atoms with Gasteiger partial charge in [0, 0.05) is 37.9 Å². The van der Waals surface area contributed by atoms with Crippen LogP contribution in [0.15, 0.2) is 42.6 Å². The molecule has 1 aromatic heterocycles. The fourth-order valence-electron chi connectivity index (χ4n) is 2.88. The molecule has 0 spiro atoms. The SMILES string of the molecule is N#Cc1cccnc1N1CCN(CC#Cc2cccc(C(F)(F)F)c2)CC1. The lowest BCUT2D eigenvalue weighted by Crippen LogP contribution is -2.47. The van der Waals surface area contributed by atoms with E-state index in [0.29, 0.717) is 23.5 Å². The van der Waals surface area contributed by atoms with Crippen LogP contribution in [0.3, 0.4) is 0 Å². The number of anilines is 1. The number of benzene rings is 1. The van der Waals surface area contributed by atoms with E-state index in [2.05, 4.69) is 32.7 Å². The number of halogens is 3. The molecule has 7 heteroatoms. The van der Waals surface area contributed by atoms with Crippen LogP contribution in [0.5, 0.6) is 0 Å². The number of hydrogen-bond acceptors (Lipinski definition) is 4. The summed E-state index contributed by atoms with van der Waals surface area (Å²) in [6.07, 6.45) is -2.69. The average molecular weight is 370 g/mol. The molecule has 2 aromatic rings. The van der Waals surface area contributed by atoms with Gasteiger partial charge in [0.25, 0.3) is 0 Å². The van der Waals surface area contributed by atoms with Crippen LogP contribution < -0.4 is 4.90 Å². The Kier molecular flexibility index (Phi) is 5.63. The van der Waals surface area contributed by atoms with E-state index in [1.165, 1.54) is 6.07 Å². The highest BCUT2D eigenvalue weighted by Crippen LogP contribution is 2.29. The minimum atomic E-state index is -4.36. The first-order valence-electron chi connectivity index (χ1n) is 8.46. The molecule has 0 unspecified atom stereocenters. The van der Waals surface area contributed by atoms with Crippen molar-refractivity contribution in [1.82, 2.24) is 9.88 Å². The molecule has 0 N–H and O–H groups in total. The van der Waals surface area contributed by atoms with E-state index in [-0.39, 0.29) is 0 Å². The van der Waals surface area contributed by atoms with Crippen LogP contribution in [0.1, 0.15) is 16.7 Å². The minimum Gasteiger partial charge on any atom is -0.353 e. The van der Waals surface area contributed by atoms with E-state index < -0.39 is 11.7 Å². The first kappa shape index (κ1) is 18.8. The molecular formula is C20H17F3N4. The van der Waals surface area contributed by atoms with Crippen molar-refractivity contribution in [1.29, 1.82) is 5.26 Å². The molecule has 3 rings (SSSR count). The van der Waals surface area contributed by atoms with Crippen LogP contribution in [-0.2, 0) is 6.18 Å². The number of nitrogens with zero attached hydrogens (tertiary/aromatic N) is 4. The summed E-state index contributed by atoms with van der Waals surface area (Å²) in [7, 11) is 0. The number of hydrogen-bond donors (Lipinski definition) is 0. The Hall–Kier alpha value is -3.03. The molecule has 0 bridgehead atoms. The maximum Gasteiger partial charge on any atom is 0.416 e. The van der Waals surface area contributed by atoms with Crippen LogP contribution in [0.2, 0.25) is 0 Å². The zero-order valence-corrected chi connectivity index (χ0v) is 14.5. The fourth-order valence-corrected chi connectivity index (χ4v) is 2.88. The van der Waals surface area contributed by atoms with Gasteiger partial charge in [0.15, 0.2) is 0 Å². The van der Waals surface area contributed by atoms with Gasteiger partial charge in [0.2, 0.25) is 0 Å². The molecule has 1 aromatic carbocycles. The van der Waals surface area contributed by atoms with E-state index in [9.17, 15) is 18.4 Å². The molecule has 4 nitrogen and oxygen atoms in total. The molecule has 1 fully saturated rings. The molecule has 138 valence electrons. The van der Waals surface area contributed by atoms with Gasteiger partial charge in [0.1, 0.15) is 11.9 Å². The summed E-state index contributed by atoms with van der Waals surface area (Å²) in [4.78, 5) is 8.49. The smallest absolute Gasteiger partial charge is 0.353 e. The van der Waals surface area contributed by atoms with Crippen molar-refractivity contribution in [3.05, 3.63) is 59.3 Å². The Labute approximate surface area is 155 Å². The molecular weight excluding hydrogens is 353 g/mol. The standard InChI is InChI=1S/C20H17F3N4/c21-20(22,23)18-7-1-4-16(14-18)5-3-9-26-10-12-27(13-11-26)19-17(15-24)6-2-8-25-19/h1-2,4,6-8,14H,9-13H2. The van der Waals surface area contributed by atoms with E-state index in [1.807, 2.05) is 0 Å². The normalized spacial score (nSPS) is 15.0. The number of aromatic nitrogens is 1. The lowest BCUT2D eigenvalue weighted by molar-refractivity contribution is -0.137. The lowest BCUT2D eigenvalue weighted by atomic mass is 10.1. The Balaban J connectivity index is 1.57. The molecule has 27 heavy (non-hydrogen) atoms. The van der Waals surface area contributed by atoms with Crippen LogP contribution in [0, 0.1) is 23.2 Å². The molecule has 1 aliphatic rings. The Morgan fingerprint density at radius 3 is 2.56 bits per heavy atom. The van der Waals surface area contributed by atoms with Crippen LogP contribution >= 0.6 is 0 Å². The zero-order valence-electron chi connectivity index (χ0n) is 14.5. The predicted molar refractivity (Wildman–Crippen MR) is 95.9 cm³/mol. The fraction of sp³-hybridized carbons (Fsp3) is 0.300. The molecule has 1 aliphatic heterocycles. The first-order valence-corrected chi connectivity index (χ1v) is 8.46. The largest absolute Gasteiger partial charge is 0.416 e. The summed E-state index contributed by atoms with van der Waals surface area (Å²) in [5.74, 6) is 6.44. The number of rotatable bonds is 2. The van der Waals surface area contributed by atoms with Crippen molar-refractivity contribution in [3.8, 4) is 17.9 Å². The van der Waals surface area contributed by atoms with Gasteiger partial charge in [-0.2, -0.15) is 18.4 Å². The van der Waals surface area contributed by atoms with E-state index in [0.717, 1.165) is 38.3 Å². The van der Waals surface area contributed by atoms with Gasteiger partial charge in [-0.1, -0.05) is 17.9 Å². The first-order chi connectivity index (χ1) is 13.0. The minimum absolute atomic E-state index is 0.357. The Morgan fingerprint density at radius 2 is 1.85 bits per heavy atom. The monoisotopic (exact) mass is 370 g/mol. The quantitative estimate of drug-likeness (QED) is 0.762. The van der Waals surface area contributed by atoms with Crippen LogP contribution in [0.4, 0.5) is 19.0 Å². The topological polar surface area (TPSA) is 43.2 Å². The van der Waals surface area contributed by atoms with Gasteiger partial charge >= 0.3 is 6.18 Å². The van der Waals surface area contributed by atoms with Gasteiger partial charge in [-0.3, -0.25) is 4.90 Å². The van der Waals surface area contributed by atoms with Crippen molar-refractivity contribution >= 4 is 5.82 Å². The molecule has 1 saturated heterocycles. The third-order valence-electron chi connectivity index (χ3n) is 4.30. The van der Waals surface area contributed by atoms with E-state index >= 15 is 0 Å². The summed E-state index contributed by atoms with van der Waals surface area (Å²) < 4.78 is 38.2. The van der Waals surface area contributed by atoms with Gasteiger partial charge in [-0.05, 0) is 30.3 Å². The molecule has 2 heterocycles. The van der Waals surface area contributed by atoms with Crippen molar-refractivity contribution in [2.45, 2.75) is 6.18 Å². The number of alkyl halides is 3. The van der Waals surface area contributed by atoms with Gasteiger partial charge < -0.3 is 4.90 Å². The van der Waals surface area contributed by atoms with Crippen molar-refractivity contribution in [2.75, 3.05) is 37.6 Å². The third kappa shape index (κ3) is 4.78. The average Bonchev–Trinajstić information content (AvgIpc) is 2.68. The second kappa shape index (κ2) is 8.11. The molecule has 0 atom stereocenters. The maximum absolute atomic E-state index is 12.7. The van der Waals surface area contributed by atoms with Crippen molar-refractivity contribution in [2.24, 2.45) is 0 Å². The van der Waals surface area contributed by atoms with Crippen LogP contribution in [0.25, 0.3) is 0 Å². The summed E-state index contributed by atoms with van der Waals surface area (Å²) in [5.41, 5.74) is 0.220. The summed E-state index contributed by atoms with van der Waals surface area (Å²) in [5, 5.41) is 9.18. The molecule has 0 amide bonds.